The molecule has 0 aromatic carbocycles. The van der Waals surface area contributed by atoms with Crippen molar-refractivity contribution >= 4 is 10.1 Å². The summed E-state index contributed by atoms with van der Waals surface area (Å²) in [5.74, 6) is 0. The highest BCUT2D eigenvalue weighted by Gasteiger charge is 2.48. The van der Waals surface area contributed by atoms with Gasteiger partial charge in [-0.1, -0.05) is 6.58 Å². The highest BCUT2D eigenvalue weighted by Crippen LogP contribution is 2.25. The lowest BCUT2D eigenvalue weighted by Gasteiger charge is -2.08. The van der Waals surface area contributed by atoms with E-state index in [0.29, 0.717) is 0 Å². The molecule has 0 aliphatic heterocycles. The molecule has 0 amide bonds. The van der Waals surface area contributed by atoms with Crippen LogP contribution in [0.2, 0.25) is 0 Å². The van der Waals surface area contributed by atoms with Crippen LogP contribution in [-0.2, 0) is 14.3 Å². The van der Waals surface area contributed by atoms with E-state index < -0.39 is 22.0 Å². The van der Waals surface area contributed by atoms with Crippen molar-refractivity contribution in [3.05, 3.63) is 12.7 Å². The van der Waals surface area contributed by atoms with Crippen LogP contribution >= 0.6 is 0 Å². The molecule has 12 heavy (non-hydrogen) atoms. The monoisotopic (exact) mass is 208 g/mol. The Morgan fingerprint density at radius 2 is 1.83 bits per heavy atom. The smallest absolute Gasteiger partial charge is 0.222 e. The van der Waals surface area contributed by atoms with Crippen molar-refractivity contribution in [3.8, 4) is 0 Å². The maximum atomic E-state index is 11.9. The molecule has 0 aromatic rings. The summed E-state index contributed by atoms with van der Waals surface area (Å²) in [5, 5.41) is 0. The van der Waals surface area contributed by atoms with Gasteiger partial charge >= 0.3 is 15.6 Å². The number of rotatable bonds is 3. The third kappa shape index (κ3) is 2.78. The maximum absolute atomic E-state index is 11.9. The molecule has 0 radical (unpaired) electrons. The predicted molar refractivity (Wildman–Crippen MR) is 31.2 cm³/mol. The Morgan fingerprint density at radius 1 is 1.42 bits per heavy atom. The first-order chi connectivity index (χ1) is 5.20. The van der Waals surface area contributed by atoms with Crippen LogP contribution in [0.5, 0.6) is 0 Å². The first kappa shape index (κ1) is 11.4. The van der Waals surface area contributed by atoms with E-state index in [1.54, 1.807) is 0 Å². The molecule has 0 saturated heterocycles. The average molecular weight is 208 g/mol. The second-order valence-electron chi connectivity index (χ2n) is 1.58. The van der Waals surface area contributed by atoms with Crippen LogP contribution in [0.25, 0.3) is 0 Å². The number of halogens is 4. The van der Waals surface area contributed by atoms with Crippen molar-refractivity contribution in [3.63, 3.8) is 0 Å². The van der Waals surface area contributed by atoms with Crippen LogP contribution < -0.4 is 0 Å². The Morgan fingerprint density at radius 3 is 2.08 bits per heavy atom. The van der Waals surface area contributed by atoms with E-state index in [1.165, 1.54) is 0 Å². The van der Waals surface area contributed by atoms with Crippen LogP contribution in [0.3, 0.4) is 0 Å². The first-order valence-electron chi connectivity index (χ1n) is 2.47. The molecule has 0 heterocycles. The van der Waals surface area contributed by atoms with E-state index in [-0.39, 0.29) is 6.08 Å². The van der Waals surface area contributed by atoms with Gasteiger partial charge in [-0.05, 0) is 6.08 Å². The highest BCUT2D eigenvalue weighted by molar-refractivity contribution is 7.87. The largest absolute Gasteiger partial charge is 0.523 e. The molecular formula is C4H4F4O3S. The second-order valence-corrected chi connectivity index (χ2v) is 3.15. The standard InChI is InChI=1S/C4H4F4O3S/c1-2-3(5)11-12(9,10)4(6,7)8/h2-3H,1H2. The summed E-state index contributed by atoms with van der Waals surface area (Å²) >= 11 is 0. The van der Waals surface area contributed by atoms with Crippen molar-refractivity contribution in [2.24, 2.45) is 0 Å². The summed E-state index contributed by atoms with van der Waals surface area (Å²) < 4.78 is 69.2. The van der Waals surface area contributed by atoms with Gasteiger partial charge in [0.15, 0.2) is 0 Å². The Bertz CT molecular complexity index is 254. The quantitative estimate of drug-likeness (QED) is 0.304. The van der Waals surface area contributed by atoms with Gasteiger partial charge in [-0.2, -0.15) is 21.6 Å². The van der Waals surface area contributed by atoms with E-state index in [1.807, 2.05) is 0 Å². The molecule has 1 unspecified atom stereocenters. The van der Waals surface area contributed by atoms with Crippen molar-refractivity contribution in [2.45, 2.75) is 11.9 Å². The molecule has 0 aromatic heterocycles. The second kappa shape index (κ2) is 3.40. The van der Waals surface area contributed by atoms with Gasteiger partial charge in [-0.15, -0.1) is 0 Å². The van der Waals surface area contributed by atoms with Crippen molar-refractivity contribution in [2.75, 3.05) is 0 Å². The van der Waals surface area contributed by atoms with Gasteiger partial charge in [0.1, 0.15) is 0 Å². The van der Waals surface area contributed by atoms with Crippen LogP contribution in [-0.4, -0.2) is 20.3 Å². The van der Waals surface area contributed by atoms with E-state index in [0.717, 1.165) is 0 Å². The van der Waals surface area contributed by atoms with Gasteiger partial charge < -0.3 is 0 Å². The summed E-state index contributed by atoms with van der Waals surface area (Å²) in [7, 11) is -5.86. The number of alkyl halides is 4. The van der Waals surface area contributed by atoms with Crippen molar-refractivity contribution in [1.29, 1.82) is 0 Å². The number of hydrogen-bond donors (Lipinski definition) is 0. The zero-order chi connectivity index (χ0) is 9.99. The van der Waals surface area contributed by atoms with Crippen molar-refractivity contribution in [1.82, 2.24) is 0 Å². The van der Waals surface area contributed by atoms with E-state index in [2.05, 4.69) is 10.8 Å². The van der Waals surface area contributed by atoms with E-state index in [4.69, 9.17) is 0 Å². The summed E-state index contributed by atoms with van der Waals surface area (Å²) in [6.07, 6.45) is -2.40. The van der Waals surface area contributed by atoms with Gasteiger partial charge in [0, 0.05) is 0 Å². The first-order valence-corrected chi connectivity index (χ1v) is 3.87. The number of hydrogen-bond acceptors (Lipinski definition) is 3. The lowest BCUT2D eigenvalue weighted by molar-refractivity contribution is -0.0608. The Kier molecular flexibility index (Phi) is 3.22. The molecule has 8 heteroatoms. The highest BCUT2D eigenvalue weighted by atomic mass is 32.2. The lowest BCUT2D eigenvalue weighted by Crippen LogP contribution is -2.27. The molecule has 0 aliphatic carbocycles. The molecule has 0 aliphatic rings. The molecule has 0 saturated carbocycles. The molecule has 1 atom stereocenters. The van der Waals surface area contributed by atoms with Crippen LogP contribution in [0.15, 0.2) is 12.7 Å². The van der Waals surface area contributed by atoms with Crippen LogP contribution in [0.1, 0.15) is 0 Å². The summed E-state index contributed by atoms with van der Waals surface area (Å²) in [6.45, 7) is 2.70. The van der Waals surface area contributed by atoms with Gasteiger partial charge in [0.2, 0.25) is 6.36 Å². The fourth-order valence-electron chi connectivity index (χ4n) is 0.215. The minimum absolute atomic E-state index is 0.281. The molecule has 3 nitrogen and oxygen atoms in total. The fraction of sp³-hybridized carbons (Fsp3) is 0.500. The topological polar surface area (TPSA) is 43.4 Å². The van der Waals surface area contributed by atoms with Gasteiger partial charge in [0.05, 0.1) is 0 Å². The van der Waals surface area contributed by atoms with Gasteiger partial charge in [-0.3, -0.25) is 0 Å². The minimum atomic E-state index is -5.86. The normalized spacial score (nSPS) is 15.7. The molecule has 0 N–H and O–H groups in total. The lowest BCUT2D eigenvalue weighted by atomic mass is 10.7. The third-order valence-corrected chi connectivity index (χ3v) is 1.69. The summed E-state index contributed by atoms with van der Waals surface area (Å²) in [4.78, 5) is 0. The Balaban J connectivity index is 4.57. The molecule has 0 fully saturated rings. The minimum Gasteiger partial charge on any atom is -0.222 e. The SMILES string of the molecule is C=CC(F)OS(=O)(=O)C(F)(F)F. The summed E-state index contributed by atoms with van der Waals surface area (Å²) in [6, 6.07) is 0. The molecular weight excluding hydrogens is 204 g/mol. The molecule has 0 spiro atoms. The fourth-order valence-corrected chi connectivity index (χ4v) is 0.645. The maximum Gasteiger partial charge on any atom is 0.523 e. The molecule has 0 rings (SSSR count). The van der Waals surface area contributed by atoms with Gasteiger partial charge in [-0.25, -0.2) is 8.57 Å². The van der Waals surface area contributed by atoms with Crippen molar-refractivity contribution < 1.29 is 30.2 Å². The Hall–Kier alpha value is -0.630. The predicted octanol–water partition coefficient (Wildman–Crippen LogP) is 1.33. The average Bonchev–Trinajstić information content (AvgIpc) is 1.84. The Labute approximate surface area is 65.8 Å². The van der Waals surface area contributed by atoms with E-state index >= 15 is 0 Å². The summed E-state index contributed by atoms with van der Waals surface area (Å²) in [5.41, 5.74) is -5.61. The molecule has 72 valence electrons. The van der Waals surface area contributed by atoms with Crippen LogP contribution in [0, 0.1) is 0 Å². The zero-order valence-corrected chi connectivity index (χ0v) is 6.32. The third-order valence-electron chi connectivity index (χ3n) is 0.687. The molecule has 0 bridgehead atoms. The van der Waals surface area contributed by atoms with Crippen LogP contribution in [0.4, 0.5) is 17.6 Å². The van der Waals surface area contributed by atoms with E-state index in [9.17, 15) is 26.0 Å². The zero-order valence-electron chi connectivity index (χ0n) is 5.51. The van der Waals surface area contributed by atoms with Gasteiger partial charge in [0.25, 0.3) is 0 Å².